The molecule has 0 aromatic heterocycles. The Hall–Kier alpha value is -0.970. The molecule has 3 N–H and O–H groups in total. The quantitative estimate of drug-likeness (QED) is 0.128. The molecule has 200 valence electrons. The number of nitrogens with one attached hydrogen (secondary N) is 3. The highest BCUT2D eigenvalue weighted by molar-refractivity contribution is 8.77. The molecule has 0 rings (SSSR count). The predicted molar refractivity (Wildman–Crippen MR) is 143 cm³/mol. The first-order valence-electron chi connectivity index (χ1n) is 11.9. The van der Waals surface area contributed by atoms with Crippen molar-refractivity contribution in [2.75, 3.05) is 38.6 Å². The van der Waals surface area contributed by atoms with Gasteiger partial charge in [-0.1, -0.05) is 35.4 Å². The number of hydrogen-bond acceptors (Lipinski definition) is 7. The average Bonchev–Trinajstić information content (AvgIpc) is 2.68. The molecule has 0 bridgehead atoms. The summed E-state index contributed by atoms with van der Waals surface area (Å²) < 4.78 is 11.6. The first-order chi connectivity index (χ1) is 15.7. The molecule has 0 aromatic carbocycles. The summed E-state index contributed by atoms with van der Waals surface area (Å²) in [6, 6.07) is 0. The number of rotatable bonds is 20. The van der Waals surface area contributed by atoms with Gasteiger partial charge in [-0.05, 0) is 52.9 Å². The van der Waals surface area contributed by atoms with Crippen LogP contribution >= 0.6 is 21.6 Å². The van der Waals surface area contributed by atoms with Crippen molar-refractivity contribution in [3.63, 3.8) is 0 Å². The zero-order chi connectivity index (χ0) is 26.3. The van der Waals surface area contributed by atoms with Gasteiger partial charge >= 0.3 is 0 Å². The minimum absolute atomic E-state index is 0.00996. The van der Waals surface area contributed by atoms with Crippen LogP contribution in [0.2, 0.25) is 0 Å². The lowest BCUT2D eigenvalue weighted by atomic mass is 9.83. The van der Waals surface area contributed by atoms with Crippen LogP contribution in [-0.4, -0.2) is 73.3 Å². The molecule has 0 aliphatic rings. The Labute approximate surface area is 214 Å². The molecule has 0 saturated carbocycles. The summed E-state index contributed by atoms with van der Waals surface area (Å²) in [4.78, 5) is 33.6. The number of carbonyl (C=O) groups excluding carboxylic acids is 3. The van der Waals surface area contributed by atoms with Crippen LogP contribution in [0, 0.1) is 5.41 Å². The van der Waals surface area contributed by atoms with Crippen LogP contribution < -0.4 is 16.0 Å². The van der Waals surface area contributed by atoms with Crippen molar-refractivity contribution < 1.29 is 23.9 Å². The Bertz CT molecular complexity index is 615. The maximum Gasteiger partial charge on any atom is 0.222 e. The Morgan fingerprint density at radius 3 is 2.32 bits per heavy atom. The molecule has 1 atom stereocenters. The van der Waals surface area contributed by atoms with E-state index in [-0.39, 0.29) is 33.7 Å². The van der Waals surface area contributed by atoms with Gasteiger partial charge in [0.15, 0.2) is 0 Å². The van der Waals surface area contributed by atoms with Gasteiger partial charge in [0.1, 0.15) is 0 Å². The van der Waals surface area contributed by atoms with Gasteiger partial charge < -0.3 is 25.4 Å². The van der Waals surface area contributed by atoms with Crippen LogP contribution in [0.1, 0.15) is 74.7 Å². The van der Waals surface area contributed by atoms with Gasteiger partial charge in [-0.25, -0.2) is 0 Å². The second-order valence-corrected chi connectivity index (χ2v) is 13.7. The van der Waals surface area contributed by atoms with E-state index in [9.17, 15) is 14.4 Å². The van der Waals surface area contributed by atoms with Crippen LogP contribution in [0.5, 0.6) is 0 Å². The lowest BCUT2D eigenvalue weighted by Crippen LogP contribution is -2.34. The summed E-state index contributed by atoms with van der Waals surface area (Å²) in [5, 5.41) is 8.45. The summed E-state index contributed by atoms with van der Waals surface area (Å²) in [5.74, 6) is 0.748. The van der Waals surface area contributed by atoms with Crippen molar-refractivity contribution in [3.8, 4) is 0 Å². The van der Waals surface area contributed by atoms with Gasteiger partial charge in [0.2, 0.25) is 18.2 Å². The second-order valence-electron chi connectivity index (χ2n) is 10.6. The monoisotopic (exact) mass is 521 g/mol. The normalized spacial score (nSPS) is 13.3. The first-order valence-corrected chi connectivity index (χ1v) is 14.2. The molecular formula is C24H47N3O5S2. The summed E-state index contributed by atoms with van der Waals surface area (Å²) in [6.07, 6.45) is 2.57. The molecule has 34 heavy (non-hydrogen) atoms. The zero-order valence-electron chi connectivity index (χ0n) is 22.4. The second kappa shape index (κ2) is 16.7. The minimum Gasteiger partial charge on any atom is -0.378 e. The van der Waals surface area contributed by atoms with Gasteiger partial charge in [-0.2, -0.15) is 0 Å². The van der Waals surface area contributed by atoms with Gasteiger partial charge in [-0.15, -0.1) is 0 Å². The number of carbonyl (C=O) groups is 3. The third-order valence-corrected chi connectivity index (χ3v) is 8.20. The van der Waals surface area contributed by atoms with E-state index in [1.54, 1.807) is 10.8 Å². The summed E-state index contributed by atoms with van der Waals surface area (Å²) in [5.41, 5.74) is -0.334. The van der Waals surface area contributed by atoms with Gasteiger partial charge in [0, 0.05) is 43.7 Å². The molecule has 0 fully saturated rings. The summed E-state index contributed by atoms with van der Waals surface area (Å²) >= 11 is 0. The van der Waals surface area contributed by atoms with Crippen LogP contribution in [0.3, 0.4) is 0 Å². The third-order valence-electron chi connectivity index (χ3n) is 4.91. The summed E-state index contributed by atoms with van der Waals surface area (Å²) in [7, 11) is 3.57. The van der Waals surface area contributed by atoms with E-state index >= 15 is 0 Å². The molecular weight excluding hydrogens is 474 g/mol. The number of amides is 3. The van der Waals surface area contributed by atoms with E-state index in [4.69, 9.17) is 9.47 Å². The lowest BCUT2D eigenvalue weighted by molar-refractivity contribution is -0.124. The Balaban J connectivity index is 3.98. The van der Waals surface area contributed by atoms with Gasteiger partial charge in [-0.3, -0.25) is 14.4 Å². The Morgan fingerprint density at radius 1 is 1.03 bits per heavy atom. The van der Waals surface area contributed by atoms with Crippen LogP contribution in [0.4, 0.5) is 0 Å². The maximum absolute atomic E-state index is 12.2. The summed E-state index contributed by atoms with van der Waals surface area (Å²) in [6.45, 7) is 18.8. The maximum atomic E-state index is 12.2. The van der Waals surface area contributed by atoms with Crippen LogP contribution in [-0.2, 0) is 23.9 Å². The van der Waals surface area contributed by atoms with Crippen molar-refractivity contribution in [1.29, 1.82) is 0 Å². The SMILES string of the molecule is CC(=O)NCCOC(C)(C)CCOC(C)CC(=O)NCCSSC(C)(C)CC(C)(C)CNC=O. The number of ether oxygens (including phenoxy) is 2. The van der Waals surface area contributed by atoms with Crippen molar-refractivity contribution in [2.24, 2.45) is 5.41 Å². The van der Waals surface area contributed by atoms with E-state index in [2.05, 4.69) is 43.6 Å². The highest BCUT2D eigenvalue weighted by Crippen LogP contribution is 2.42. The average molecular weight is 522 g/mol. The van der Waals surface area contributed by atoms with E-state index in [1.807, 2.05) is 31.6 Å². The number of hydrogen-bond donors (Lipinski definition) is 3. The van der Waals surface area contributed by atoms with Gasteiger partial charge in [0.05, 0.1) is 24.7 Å². The highest BCUT2D eigenvalue weighted by Gasteiger charge is 2.29. The highest BCUT2D eigenvalue weighted by atomic mass is 33.1. The fraction of sp³-hybridized carbons (Fsp3) is 0.875. The Morgan fingerprint density at radius 2 is 1.71 bits per heavy atom. The molecule has 0 aromatic rings. The minimum atomic E-state index is -0.358. The molecule has 0 saturated heterocycles. The van der Waals surface area contributed by atoms with E-state index in [0.717, 1.165) is 18.6 Å². The lowest BCUT2D eigenvalue weighted by Gasteiger charge is -2.33. The van der Waals surface area contributed by atoms with Crippen molar-refractivity contribution in [1.82, 2.24) is 16.0 Å². The molecule has 0 aliphatic heterocycles. The topological polar surface area (TPSA) is 106 Å². The van der Waals surface area contributed by atoms with Crippen LogP contribution in [0.15, 0.2) is 0 Å². The molecule has 1 unspecified atom stereocenters. The first kappa shape index (κ1) is 33.0. The van der Waals surface area contributed by atoms with Crippen molar-refractivity contribution >= 4 is 39.8 Å². The largest absolute Gasteiger partial charge is 0.378 e. The van der Waals surface area contributed by atoms with E-state index < -0.39 is 0 Å². The molecule has 0 heterocycles. The fourth-order valence-electron chi connectivity index (χ4n) is 3.52. The third kappa shape index (κ3) is 19.3. The zero-order valence-corrected chi connectivity index (χ0v) is 24.0. The van der Waals surface area contributed by atoms with Crippen LogP contribution in [0.25, 0.3) is 0 Å². The smallest absolute Gasteiger partial charge is 0.222 e. The van der Waals surface area contributed by atoms with E-state index in [0.29, 0.717) is 45.7 Å². The molecule has 3 amide bonds. The fourth-order valence-corrected chi connectivity index (χ4v) is 6.19. The standard InChI is InChI=1S/C24H47N3O5S2/c1-19(31-12-9-23(5,6)32-13-10-26-20(2)29)15-21(30)27-11-14-33-34-24(7,8)16-22(3,4)17-25-18-28/h18-19H,9-17H2,1-8H3,(H,25,28)(H,26,29)(H,27,30). The molecule has 10 heteroatoms. The molecule has 0 aliphatic carbocycles. The predicted octanol–water partition coefficient (Wildman–Crippen LogP) is 3.54. The van der Waals surface area contributed by atoms with Crippen molar-refractivity contribution in [2.45, 2.75) is 91.1 Å². The Kier molecular flexibility index (Phi) is 16.2. The molecule has 0 spiro atoms. The van der Waals surface area contributed by atoms with Gasteiger partial charge in [0.25, 0.3) is 0 Å². The van der Waals surface area contributed by atoms with Crippen molar-refractivity contribution in [3.05, 3.63) is 0 Å². The molecule has 8 nitrogen and oxygen atoms in total. The van der Waals surface area contributed by atoms with E-state index in [1.165, 1.54) is 6.92 Å². The molecule has 0 radical (unpaired) electrons.